The lowest BCUT2D eigenvalue weighted by Crippen LogP contribution is -2.36. The molecule has 0 aliphatic heterocycles. The largest absolute Gasteiger partial charge is 0.332 e. The lowest BCUT2D eigenvalue weighted by atomic mass is 10.1. The molecule has 3 aromatic carbocycles. The molecule has 0 saturated carbocycles. The van der Waals surface area contributed by atoms with Gasteiger partial charge < -0.3 is 4.90 Å². The van der Waals surface area contributed by atoms with E-state index in [4.69, 9.17) is 4.98 Å². The van der Waals surface area contributed by atoms with Crippen molar-refractivity contribution in [3.8, 4) is 5.69 Å². The minimum absolute atomic E-state index is 0.193. The second-order valence-corrected chi connectivity index (χ2v) is 7.82. The molecule has 0 bridgehead atoms. The second-order valence-electron chi connectivity index (χ2n) is 7.82. The number of para-hydroxylation sites is 1. The van der Waals surface area contributed by atoms with Gasteiger partial charge in [-0.25, -0.2) is 9.37 Å². The second kappa shape index (κ2) is 8.75. The summed E-state index contributed by atoms with van der Waals surface area (Å²) in [4.78, 5) is 33.1. The zero-order valence-corrected chi connectivity index (χ0v) is 18.2. The van der Waals surface area contributed by atoms with Crippen LogP contribution in [-0.4, -0.2) is 27.4 Å². The average Bonchev–Trinajstić information content (AvgIpc) is 2.79. The van der Waals surface area contributed by atoms with Crippen LogP contribution in [0.3, 0.4) is 0 Å². The molecule has 162 valence electrons. The van der Waals surface area contributed by atoms with Crippen molar-refractivity contribution in [3.63, 3.8) is 0 Å². The predicted molar refractivity (Wildman–Crippen MR) is 124 cm³/mol. The van der Waals surface area contributed by atoms with E-state index >= 15 is 0 Å². The number of fused-ring (bicyclic) bond motifs is 1. The third-order valence-electron chi connectivity index (χ3n) is 5.61. The van der Waals surface area contributed by atoms with Gasteiger partial charge in [-0.15, -0.1) is 0 Å². The predicted octanol–water partition coefficient (Wildman–Crippen LogP) is 5.06. The highest BCUT2D eigenvalue weighted by Crippen LogP contribution is 2.26. The number of rotatable bonds is 5. The summed E-state index contributed by atoms with van der Waals surface area (Å²) in [6, 6.07) is 19.9. The Kier molecular flexibility index (Phi) is 5.86. The lowest BCUT2D eigenvalue weighted by molar-refractivity contribution is 0.0716. The van der Waals surface area contributed by atoms with Crippen LogP contribution in [0.15, 0.2) is 77.6 Å². The molecular formula is C26H24FN3O2. The monoisotopic (exact) mass is 429 g/mol. The zero-order chi connectivity index (χ0) is 22.8. The van der Waals surface area contributed by atoms with Crippen molar-refractivity contribution < 1.29 is 9.18 Å². The average molecular weight is 429 g/mol. The summed E-state index contributed by atoms with van der Waals surface area (Å²) in [6.07, 6.45) is 0.522. The maximum atomic E-state index is 13.7. The third-order valence-corrected chi connectivity index (χ3v) is 5.61. The molecule has 5 nitrogen and oxygen atoms in total. The first-order chi connectivity index (χ1) is 15.4. The molecule has 32 heavy (non-hydrogen) atoms. The smallest absolute Gasteiger partial charge is 0.266 e. The Morgan fingerprint density at radius 1 is 1.06 bits per heavy atom. The van der Waals surface area contributed by atoms with Crippen LogP contribution >= 0.6 is 0 Å². The first kappa shape index (κ1) is 21.4. The molecule has 0 fully saturated rings. The number of carbonyl (C=O) groups is 1. The number of aromatic nitrogens is 2. The molecule has 1 aromatic heterocycles. The number of benzene rings is 3. The molecule has 4 rings (SSSR count). The Morgan fingerprint density at radius 3 is 2.53 bits per heavy atom. The highest BCUT2D eigenvalue weighted by molar-refractivity contribution is 5.94. The molecule has 0 N–H and O–H groups in total. The fraction of sp³-hybridized carbons (Fsp3) is 0.192. The standard InChI is InChI=1S/C26H24FN3O2/c1-4-23(29(3)25(31)18-10-8-11-19(27)16-18)24-28-22-14-6-5-13-21(22)26(32)30(24)20-12-7-9-17(2)15-20/h5-16,23H,4H2,1-3H3. The maximum absolute atomic E-state index is 13.7. The molecule has 1 amide bonds. The van der Waals surface area contributed by atoms with Gasteiger partial charge in [-0.1, -0.05) is 37.3 Å². The van der Waals surface area contributed by atoms with E-state index in [1.165, 1.54) is 23.1 Å². The van der Waals surface area contributed by atoms with E-state index < -0.39 is 11.9 Å². The van der Waals surface area contributed by atoms with Crippen LogP contribution in [-0.2, 0) is 0 Å². The Hall–Kier alpha value is -3.80. The van der Waals surface area contributed by atoms with Crippen LogP contribution in [0.4, 0.5) is 4.39 Å². The van der Waals surface area contributed by atoms with Crippen LogP contribution in [0, 0.1) is 12.7 Å². The molecule has 6 heteroatoms. The fourth-order valence-corrected chi connectivity index (χ4v) is 3.99. The molecule has 4 aromatic rings. The van der Waals surface area contributed by atoms with Crippen molar-refractivity contribution in [2.45, 2.75) is 26.3 Å². The molecule has 1 atom stereocenters. The van der Waals surface area contributed by atoms with E-state index in [0.29, 0.717) is 28.8 Å². The van der Waals surface area contributed by atoms with E-state index in [9.17, 15) is 14.0 Å². The molecular weight excluding hydrogens is 405 g/mol. The van der Waals surface area contributed by atoms with Gasteiger partial charge in [-0.05, 0) is 61.4 Å². The molecule has 0 aliphatic carbocycles. The van der Waals surface area contributed by atoms with Crippen molar-refractivity contribution in [1.82, 2.24) is 14.5 Å². The highest BCUT2D eigenvalue weighted by atomic mass is 19.1. The van der Waals surface area contributed by atoms with Gasteiger partial charge in [0, 0.05) is 12.6 Å². The quantitative estimate of drug-likeness (QED) is 0.446. The zero-order valence-electron chi connectivity index (χ0n) is 18.2. The van der Waals surface area contributed by atoms with Crippen molar-refractivity contribution in [2.75, 3.05) is 7.05 Å². The summed E-state index contributed by atoms with van der Waals surface area (Å²) < 4.78 is 15.3. The summed E-state index contributed by atoms with van der Waals surface area (Å²) in [7, 11) is 1.66. The minimum atomic E-state index is -0.497. The molecule has 0 saturated heterocycles. The highest BCUT2D eigenvalue weighted by Gasteiger charge is 2.27. The summed E-state index contributed by atoms with van der Waals surface area (Å²) in [5.74, 6) is -0.346. The van der Waals surface area contributed by atoms with Crippen molar-refractivity contribution in [2.24, 2.45) is 0 Å². The number of amides is 1. The Balaban J connectivity index is 1.92. The summed E-state index contributed by atoms with van der Waals surface area (Å²) in [5.41, 5.74) is 2.32. The Morgan fingerprint density at radius 2 is 1.81 bits per heavy atom. The van der Waals surface area contributed by atoms with Gasteiger partial charge >= 0.3 is 0 Å². The number of aryl methyl sites for hydroxylation is 1. The number of carbonyl (C=O) groups excluding carboxylic acids is 1. The number of nitrogens with zero attached hydrogens (tertiary/aromatic N) is 3. The van der Waals surface area contributed by atoms with Crippen LogP contribution in [0.2, 0.25) is 0 Å². The first-order valence-corrected chi connectivity index (χ1v) is 10.5. The van der Waals surface area contributed by atoms with Gasteiger partial charge in [0.15, 0.2) is 0 Å². The van der Waals surface area contributed by atoms with E-state index in [0.717, 1.165) is 5.56 Å². The lowest BCUT2D eigenvalue weighted by Gasteiger charge is -2.29. The summed E-state index contributed by atoms with van der Waals surface area (Å²) in [5, 5.41) is 0.506. The van der Waals surface area contributed by atoms with Gasteiger partial charge in [0.25, 0.3) is 11.5 Å². The van der Waals surface area contributed by atoms with Gasteiger partial charge in [0.05, 0.1) is 22.6 Å². The van der Waals surface area contributed by atoms with E-state index in [2.05, 4.69) is 0 Å². The van der Waals surface area contributed by atoms with Gasteiger partial charge in [-0.3, -0.25) is 14.2 Å². The van der Waals surface area contributed by atoms with Crippen molar-refractivity contribution in [1.29, 1.82) is 0 Å². The van der Waals surface area contributed by atoms with Crippen LogP contribution < -0.4 is 5.56 Å². The topological polar surface area (TPSA) is 55.2 Å². The minimum Gasteiger partial charge on any atom is -0.332 e. The Bertz CT molecular complexity index is 1360. The molecule has 0 radical (unpaired) electrons. The third kappa shape index (κ3) is 3.91. The number of hydrogen-bond donors (Lipinski definition) is 0. The van der Waals surface area contributed by atoms with Gasteiger partial charge in [-0.2, -0.15) is 0 Å². The molecule has 1 unspecified atom stereocenters. The SMILES string of the molecule is CCC(c1nc2ccccc2c(=O)n1-c1cccc(C)c1)N(C)C(=O)c1cccc(F)c1. The number of hydrogen-bond acceptors (Lipinski definition) is 3. The van der Waals surface area contributed by atoms with Crippen molar-refractivity contribution in [3.05, 3.63) is 106 Å². The van der Waals surface area contributed by atoms with E-state index in [1.54, 1.807) is 29.8 Å². The number of halogens is 1. The van der Waals surface area contributed by atoms with Gasteiger partial charge in [0.1, 0.15) is 11.6 Å². The van der Waals surface area contributed by atoms with Crippen LogP contribution in [0.1, 0.15) is 41.1 Å². The maximum Gasteiger partial charge on any atom is 0.266 e. The summed E-state index contributed by atoms with van der Waals surface area (Å²) >= 11 is 0. The van der Waals surface area contributed by atoms with Gasteiger partial charge in [0.2, 0.25) is 0 Å². The van der Waals surface area contributed by atoms with E-state index in [-0.39, 0.29) is 17.0 Å². The molecule has 0 aliphatic rings. The van der Waals surface area contributed by atoms with Crippen LogP contribution in [0.25, 0.3) is 16.6 Å². The first-order valence-electron chi connectivity index (χ1n) is 10.5. The molecule has 0 spiro atoms. The van der Waals surface area contributed by atoms with Crippen molar-refractivity contribution >= 4 is 16.8 Å². The van der Waals surface area contributed by atoms with E-state index in [1.807, 2.05) is 50.2 Å². The summed E-state index contributed by atoms with van der Waals surface area (Å²) in [6.45, 7) is 3.89. The Labute approximate surface area is 185 Å². The van der Waals surface area contributed by atoms with Crippen LogP contribution in [0.5, 0.6) is 0 Å². The molecule has 1 heterocycles. The fourth-order valence-electron chi connectivity index (χ4n) is 3.99. The normalized spacial score (nSPS) is 12.0.